The van der Waals surface area contributed by atoms with Crippen molar-refractivity contribution in [3.05, 3.63) is 33.4 Å². The summed E-state index contributed by atoms with van der Waals surface area (Å²) in [7, 11) is 0. The van der Waals surface area contributed by atoms with Crippen molar-refractivity contribution >= 4 is 11.4 Å². The van der Waals surface area contributed by atoms with E-state index in [4.69, 9.17) is 0 Å². The average molecular weight is 234 g/mol. The number of benzene rings is 1. The lowest BCUT2D eigenvalue weighted by atomic mass is 10.1. The third kappa shape index (κ3) is 2.57. The molecule has 2 rings (SSSR count). The Morgan fingerprint density at radius 2 is 2.00 bits per heavy atom. The second-order valence-corrected chi connectivity index (χ2v) is 4.98. The van der Waals surface area contributed by atoms with Crippen molar-refractivity contribution < 1.29 is 4.92 Å². The lowest BCUT2D eigenvalue weighted by Gasteiger charge is -2.16. The third-order valence-corrected chi connectivity index (χ3v) is 3.45. The monoisotopic (exact) mass is 234 g/mol. The predicted molar refractivity (Wildman–Crippen MR) is 68.4 cm³/mol. The van der Waals surface area contributed by atoms with E-state index in [1.807, 2.05) is 13.0 Å². The van der Waals surface area contributed by atoms with Crippen LogP contribution in [0.3, 0.4) is 0 Å². The van der Waals surface area contributed by atoms with Crippen molar-refractivity contribution in [3.63, 3.8) is 0 Å². The van der Waals surface area contributed by atoms with Crippen LogP contribution in [0.15, 0.2) is 12.1 Å². The minimum absolute atomic E-state index is 0.195. The van der Waals surface area contributed by atoms with Gasteiger partial charge in [0.2, 0.25) is 0 Å². The minimum Gasteiger partial charge on any atom is -0.382 e. The van der Waals surface area contributed by atoms with Crippen LogP contribution in [0, 0.1) is 29.9 Å². The summed E-state index contributed by atoms with van der Waals surface area (Å²) in [6, 6.07) is 3.93. The van der Waals surface area contributed by atoms with Crippen molar-refractivity contribution in [2.24, 2.45) is 5.92 Å². The summed E-state index contributed by atoms with van der Waals surface area (Å²) < 4.78 is 0. The largest absolute Gasteiger partial charge is 0.382 e. The van der Waals surface area contributed by atoms with E-state index in [9.17, 15) is 10.1 Å². The smallest absolute Gasteiger partial charge is 0.274 e. The summed E-state index contributed by atoms with van der Waals surface area (Å²) in [5.41, 5.74) is 2.88. The Kier molecular flexibility index (Phi) is 3.05. The van der Waals surface area contributed by atoms with Crippen LogP contribution in [0.5, 0.6) is 0 Å². The van der Waals surface area contributed by atoms with E-state index < -0.39 is 0 Å². The number of rotatable bonds is 4. The fourth-order valence-electron chi connectivity index (χ4n) is 2.15. The van der Waals surface area contributed by atoms with Crippen molar-refractivity contribution in [3.8, 4) is 0 Å². The van der Waals surface area contributed by atoms with Crippen LogP contribution in [0.4, 0.5) is 11.4 Å². The maximum atomic E-state index is 10.9. The minimum atomic E-state index is -0.318. The molecule has 0 spiro atoms. The number of anilines is 1. The normalized spacial score (nSPS) is 16.6. The highest BCUT2D eigenvalue weighted by molar-refractivity contribution is 5.60. The first kappa shape index (κ1) is 11.9. The zero-order chi connectivity index (χ0) is 12.6. The quantitative estimate of drug-likeness (QED) is 0.641. The Bertz CT molecular complexity index is 453. The Hall–Kier alpha value is -1.58. The van der Waals surface area contributed by atoms with Gasteiger partial charge in [-0.05, 0) is 51.2 Å². The fraction of sp³-hybridized carbons (Fsp3) is 0.538. The van der Waals surface area contributed by atoms with Crippen molar-refractivity contribution in [2.45, 2.75) is 39.7 Å². The van der Waals surface area contributed by atoms with E-state index in [0.717, 1.165) is 22.7 Å². The number of nitrogens with one attached hydrogen (secondary N) is 1. The second kappa shape index (κ2) is 4.35. The number of nitrogens with zero attached hydrogens (tertiary/aromatic N) is 1. The molecule has 1 aliphatic carbocycles. The van der Waals surface area contributed by atoms with Crippen LogP contribution in [0.2, 0.25) is 0 Å². The molecule has 0 radical (unpaired) electrons. The van der Waals surface area contributed by atoms with E-state index in [1.165, 1.54) is 12.8 Å². The molecule has 1 unspecified atom stereocenters. The lowest BCUT2D eigenvalue weighted by molar-refractivity contribution is -0.385. The van der Waals surface area contributed by atoms with Crippen molar-refractivity contribution in [2.75, 3.05) is 5.32 Å². The van der Waals surface area contributed by atoms with E-state index in [0.29, 0.717) is 6.04 Å². The first-order chi connectivity index (χ1) is 7.99. The SMILES string of the molecule is Cc1cc(C)c([N+](=O)[O-])cc1NC(C)C1CC1. The van der Waals surface area contributed by atoms with Crippen LogP contribution in [0.25, 0.3) is 0 Å². The maximum Gasteiger partial charge on any atom is 0.274 e. The highest BCUT2D eigenvalue weighted by Gasteiger charge is 2.28. The fourth-order valence-corrected chi connectivity index (χ4v) is 2.15. The van der Waals surface area contributed by atoms with Gasteiger partial charge in [-0.2, -0.15) is 0 Å². The van der Waals surface area contributed by atoms with Gasteiger partial charge in [-0.25, -0.2) is 0 Å². The molecule has 1 fully saturated rings. The molecule has 1 saturated carbocycles. The number of hydrogen-bond donors (Lipinski definition) is 1. The molecular formula is C13H18N2O2. The predicted octanol–water partition coefficient (Wildman–Crippen LogP) is 3.42. The summed E-state index contributed by atoms with van der Waals surface area (Å²) in [6.07, 6.45) is 2.53. The summed E-state index contributed by atoms with van der Waals surface area (Å²) >= 11 is 0. The molecular weight excluding hydrogens is 216 g/mol. The molecule has 0 amide bonds. The third-order valence-electron chi connectivity index (χ3n) is 3.45. The maximum absolute atomic E-state index is 10.9. The molecule has 17 heavy (non-hydrogen) atoms. The van der Waals surface area contributed by atoms with Gasteiger partial charge < -0.3 is 5.32 Å². The molecule has 1 aromatic rings. The van der Waals surface area contributed by atoms with E-state index >= 15 is 0 Å². The zero-order valence-corrected chi connectivity index (χ0v) is 10.5. The average Bonchev–Trinajstić information content (AvgIpc) is 3.04. The topological polar surface area (TPSA) is 55.2 Å². The van der Waals surface area contributed by atoms with Gasteiger partial charge in [0, 0.05) is 23.4 Å². The van der Waals surface area contributed by atoms with Crippen LogP contribution in [-0.2, 0) is 0 Å². The molecule has 4 nitrogen and oxygen atoms in total. The lowest BCUT2D eigenvalue weighted by Crippen LogP contribution is -2.18. The van der Waals surface area contributed by atoms with E-state index in [1.54, 1.807) is 13.0 Å². The van der Waals surface area contributed by atoms with Gasteiger partial charge in [0.05, 0.1) is 4.92 Å². The van der Waals surface area contributed by atoms with Crippen molar-refractivity contribution in [1.82, 2.24) is 0 Å². The Balaban J connectivity index is 2.25. The Morgan fingerprint density at radius 3 is 2.53 bits per heavy atom. The molecule has 0 aliphatic heterocycles. The zero-order valence-electron chi connectivity index (χ0n) is 10.5. The van der Waals surface area contributed by atoms with Crippen LogP contribution in [-0.4, -0.2) is 11.0 Å². The standard InChI is InChI=1S/C13H18N2O2/c1-8-6-9(2)13(15(16)17)7-12(8)14-10(3)11-4-5-11/h6-7,10-11,14H,4-5H2,1-3H3. The van der Waals surface area contributed by atoms with Gasteiger partial charge in [0.1, 0.15) is 0 Å². The Morgan fingerprint density at radius 1 is 1.35 bits per heavy atom. The van der Waals surface area contributed by atoms with Gasteiger partial charge in [-0.1, -0.05) is 0 Å². The number of nitro groups is 1. The number of hydrogen-bond acceptors (Lipinski definition) is 3. The molecule has 1 atom stereocenters. The summed E-state index contributed by atoms with van der Waals surface area (Å²) in [5, 5.41) is 14.3. The van der Waals surface area contributed by atoms with Crippen LogP contribution in [0.1, 0.15) is 30.9 Å². The second-order valence-electron chi connectivity index (χ2n) is 4.98. The highest BCUT2D eigenvalue weighted by atomic mass is 16.6. The van der Waals surface area contributed by atoms with Gasteiger partial charge in [0.25, 0.3) is 5.69 Å². The number of aryl methyl sites for hydroxylation is 2. The molecule has 4 heteroatoms. The molecule has 1 aliphatic rings. The van der Waals surface area contributed by atoms with E-state index in [-0.39, 0.29) is 10.6 Å². The molecule has 1 aromatic carbocycles. The molecule has 0 saturated heterocycles. The van der Waals surface area contributed by atoms with Crippen LogP contribution < -0.4 is 5.32 Å². The summed E-state index contributed by atoms with van der Waals surface area (Å²) in [6.45, 7) is 5.90. The molecule has 1 N–H and O–H groups in total. The van der Waals surface area contributed by atoms with Gasteiger partial charge in [0.15, 0.2) is 0 Å². The van der Waals surface area contributed by atoms with Gasteiger partial charge in [-0.3, -0.25) is 10.1 Å². The summed E-state index contributed by atoms with van der Waals surface area (Å²) in [5.74, 6) is 0.731. The van der Waals surface area contributed by atoms with Crippen LogP contribution >= 0.6 is 0 Å². The first-order valence-corrected chi connectivity index (χ1v) is 6.01. The highest BCUT2D eigenvalue weighted by Crippen LogP contribution is 2.35. The molecule has 0 bridgehead atoms. The summed E-state index contributed by atoms with van der Waals surface area (Å²) in [4.78, 5) is 10.6. The molecule has 0 heterocycles. The Labute approximate surface area is 101 Å². The molecule has 92 valence electrons. The van der Waals surface area contributed by atoms with Gasteiger partial charge in [-0.15, -0.1) is 0 Å². The van der Waals surface area contributed by atoms with Gasteiger partial charge >= 0.3 is 0 Å². The van der Waals surface area contributed by atoms with E-state index in [2.05, 4.69) is 12.2 Å². The van der Waals surface area contributed by atoms with Crippen molar-refractivity contribution in [1.29, 1.82) is 0 Å². The number of nitro benzene ring substituents is 1. The first-order valence-electron chi connectivity index (χ1n) is 6.01. The molecule has 0 aromatic heterocycles.